The molecule has 0 radical (unpaired) electrons. The summed E-state index contributed by atoms with van der Waals surface area (Å²) in [7, 11) is -6.27. The number of benzene rings is 1. The molecule has 8 nitrogen and oxygen atoms in total. The summed E-state index contributed by atoms with van der Waals surface area (Å²) in [5.41, 5.74) is -6.37. The maximum atomic E-state index is 13.3. The van der Waals surface area contributed by atoms with Gasteiger partial charge in [-0.15, -0.1) is 5.11 Å². The minimum atomic E-state index is -6.27. The maximum absolute atomic E-state index is 13.3. The van der Waals surface area contributed by atoms with Crippen LogP contribution in [0.15, 0.2) is 38.2 Å². The van der Waals surface area contributed by atoms with Gasteiger partial charge in [0, 0.05) is 5.56 Å². The second kappa shape index (κ2) is 6.90. The Labute approximate surface area is 172 Å². The third-order valence-electron chi connectivity index (χ3n) is 3.77. The van der Waals surface area contributed by atoms with Crippen molar-refractivity contribution >= 4 is 38.7 Å². The van der Waals surface area contributed by atoms with Crippen molar-refractivity contribution in [2.45, 2.75) is 17.3 Å². The molecule has 2 heterocycles. The number of hydrogen-bond donors (Lipinski definition) is 1. The Bertz CT molecular complexity index is 1150. The van der Waals surface area contributed by atoms with Crippen LogP contribution in [0.25, 0.3) is 5.70 Å². The Hall–Kier alpha value is -2.23. The molecule has 1 aromatic carbocycles. The summed E-state index contributed by atoms with van der Waals surface area (Å²) in [6.45, 7) is 0. The average Bonchev–Trinajstić information content (AvgIpc) is 3.20. The molecule has 1 unspecified atom stereocenters. The van der Waals surface area contributed by atoms with E-state index in [9.17, 15) is 34.8 Å². The fraction of sp³-hybridized carbons (Fsp3) is 0.231. The average molecular weight is 496 g/mol. The molecule has 0 spiro atoms. The van der Waals surface area contributed by atoms with Gasteiger partial charge >= 0.3 is 11.7 Å². The minimum Gasteiger partial charge on any atom is -0.342 e. The number of hydrogen-bond acceptors (Lipinski definition) is 8. The van der Waals surface area contributed by atoms with Gasteiger partial charge in [0.1, 0.15) is 4.91 Å². The van der Waals surface area contributed by atoms with E-state index in [1.54, 1.807) is 0 Å². The smallest absolute Gasteiger partial charge is 0.342 e. The molecule has 30 heavy (non-hydrogen) atoms. The molecule has 0 saturated carbocycles. The highest BCUT2D eigenvalue weighted by atomic mass is 35.5. The van der Waals surface area contributed by atoms with Crippen LogP contribution in [0.1, 0.15) is 17.0 Å². The molecule has 1 atom stereocenters. The number of sulfone groups is 1. The van der Waals surface area contributed by atoms with E-state index >= 15 is 0 Å². The Balaban J connectivity index is 2.36. The molecule has 0 bridgehead atoms. The molecule has 0 aliphatic carbocycles. The first-order chi connectivity index (χ1) is 13.6. The van der Waals surface area contributed by atoms with Gasteiger partial charge in [-0.1, -0.05) is 28.4 Å². The van der Waals surface area contributed by atoms with Gasteiger partial charge in [-0.25, -0.2) is 8.42 Å². The summed E-state index contributed by atoms with van der Waals surface area (Å²) in [5.74, 6) is -0.729. The molecular formula is C13H5Cl2F6N5O3S. The third kappa shape index (κ3) is 3.44. The topological polar surface area (TPSA) is 124 Å². The molecule has 1 aliphatic heterocycles. The predicted octanol–water partition coefficient (Wildman–Crippen LogP) is 4.28. The van der Waals surface area contributed by atoms with Crippen LogP contribution in [-0.2, 0) is 21.7 Å². The molecule has 1 aliphatic rings. The molecule has 0 saturated heterocycles. The SMILES string of the molecule is NC1(c2c(Cl)cc(C(F)(F)F)cc2Cl)N=NC(c2ncon2)=C1S(=O)(=O)C(F)(F)F. The third-order valence-corrected chi connectivity index (χ3v) is 6.01. The summed E-state index contributed by atoms with van der Waals surface area (Å²) in [6, 6.07) is 0.605. The lowest BCUT2D eigenvalue weighted by molar-refractivity contribution is -0.137. The van der Waals surface area contributed by atoms with Crippen molar-refractivity contribution in [3.05, 3.63) is 50.4 Å². The van der Waals surface area contributed by atoms with Crippen LogP contribution >= 0.6 is 23.2 Å². The predicted molar refractivity (Wildman–Crippen MR) is 88.4 cm³/mol. The molecule has 2 N–H and O–H groups in total. The number of alkyl halides is 6. The normalized spacial score (nSPS) is 20.3. The molecule has 2 aromatic rings. The Morgan fingerprint density at radius 2 is 1.63 bits per heavy atom. The van der Waals surface area contributed by atoms with E-state index in [1.807, 2.05) is 0 Å². The van der Waals surface area contributed by atoms with E-state index in [-0.39, 0.29) is 0 Å². The van der Waals surface area contributed by atoms with Gasteiger partial charge in [0.15, 0.2) is 11.4 Å². The van der Waals surface area contributed by atoms with Crippen LogP contribution < -0.4 is 5.73 Å². The highest BCUT2D eigenvalue weighted by molar-refractivity contribution is 7.96. The highest BCUT2D eigenvalue weighted by Crippen LogP contribution is 2.51. The molecule has 0 amide bonds. The van der Waals surface area contributed by atoms with E-state index in [0.717, 1.165) is 0 Å². The number of halogens is 8. The lowest BCUT2D eigenvalue weighted by Crippen LogP contribution is -2.42. The van der Waals surface area contributed by atoms with Gasteiger partial charge < -0.3 is 4.52 Å². The quantitative estimate of drug-likeness (QED) is 0.633. The first-order valence-corrected chi connectivity index (χ1v) is 9.46. The summed E-state index contributed by atoms with van der Waals surface area (Å²) in [5, 5.41) is 8.02. The summed E-state index contributed by atoms with van der Waals surface area (Å²) < 4.78 is 108. The second-order valence-electron chi connectivity index (χ2n) is 5.66. The second-order valence-corrected chi connectivity index (χ2v) is 8.35. The van der Waals surface area contributed by atoms with Crippen molar-refractivity contribution < 1.29 is 39.3 Å². The van der Waals surface area contributed by atoms with Gasteiger partial charge in [0.25, 0.3) is 9.84 Å². The number of rotatable bonds is 3. The van der Waals surface area contributed by atoms with E-state index in [2.05, 4.69) is 24.9 Å². The monoisotopic (exact) mass is 495 g/mol. The Morgan fingerprint density at radius 3 is 2.07 bits per heavy atom. The molecule has 0 fully saturated rings. The standard InChI is InChI=1S/C13H5Cl2F6N5O3S/c14-5-1-4(12(16,17)18)2-6(15)7(5)11(22)9(30(27,28)13(19,20)21)8(24-26-11)10-23-3-29-25-10/h1-3H,22H2. The zero-order valence-electron chi connectivity index (χ0n) is 13.8. The van der Waals surface area contributed by atoms with E-state index < -0.39 is 64.8 Å². The van der Waals surface area contributed by atoms with Crippen LogP contribution in [0, 0.1) is 0 Å². The van der Waals surface area contributed by atoms with Crippen molar-refractivity contribution in [2.24, 2.45) is 16.0 Å². The number of aromatic nitrogens is 2. The van der Waals surface area contributed by atoms with Gasteiger partial charge in [-0.2, -0.15) is 36.4 Å². The summed E-state index contributed by atoms with van der Waals surface area (Å²) >= 11 is 11.6. The first kappa shape index (κ1) is 22.5. The fourth-order valence-electron chi connectivity index (χ4n) is 2.53. The van der Waals surface area contributed by atoms with Crippen molar-refractivity contribution in [3.8, 4) is 0 Å². The van der Waals surface area contributed by atoms with E-state index in [4.69, 9.17) is 28.9 Å². The van der Waals surface area contributed by atoms with Crippen molar-refractivity contribution in [1.82, 2.24) is 10.1 Å². The van der Waals surface area contributed by atoms with Crippen LogP contribution in [-0.4, -0.2) is 24.1 Å². The number of nitrogens with two attached hydrogens (primary N) is 1. The molecule has 17 heteroatoms. The maximum Gasteiger partial charge on any atom is 0.501 e. The molecule has 1 aromatic heterocycles. The van der Waals surface area contributed by atoms with Crippen LogP contribution in [0.3, 0.4) is 0 Å². The molecular weight excluding hydrogens is 491 g/mol. The van der Waals surface area contributed by atoms with Crippen LogP contribution in [0.4, 0.5) is 26.3 Å². The Kier molecular flexibility index (Phi) is 5.16. The van der Waals surface area contributed by atoms with Crippen molar-refractivity contribution in [1.29, 1.82) is 0 Å². The zero-order valence-corrected chi connectivity index (χ0v) is 16.1. The largest absolute Gasteiger partial charge is 0.501 e. The van der Waals surface area contributed by atoms with Crippen molar-refractivity contribution in [3.63, 3.8) is 0 Å². The fourth-order valence-corrected chi connectivity index (χ4v) is 4.48. The van der Waals surface area contributed by atoms with E-state index in [0.29, 0.717) is 18.5 Å². The lowest BCUT2D eigenvalue weighted by atomic mass is 9.98. The summed E-state index contributed by atoms with van der Waals surface area (Å²) in [4.78, 5) is 1.72. The van der Waals surface area contributed by atoms with Crippen LogP contribution in [0.2, 0.25) is 10.0 Å². The van der Waals surface area contributed by atoms with Crippen molar-refractivity contribution in [2.75, 3.05) is 0 Å². The minimum absolute atomic E-state index is 0.303. The highest BCUT2D eigenvalue weighted by Gasteiger charge is 2.59. The zero-order chi connectivity index (χ0) is 22.7. The van der Waals surface area contributed by atoms with Gasteiger partial charge in [0.2, 0.25) is 12.2 Å². The van der Waals surface area contributed by atoms with Crippen LogP contribution in [0.5, 0.6) is 0 Å². The molecule has 3 rings (SSSR count). The first-order valence-electron chi connectivity index (χ1n) is 7.22. The lowest BCUT2D eigenvalue weighted by Gasteiger charge is -2.27. The molecule has 162 valence electrons. The van der Waals surface area contributed by atoms with E-state index in [1.165, 1.54) is 0 Å². The number of nitrogens with zero attached hydrogens (tertiary/aromatic N) is 4. The van der Waals surface area contributed by atoms with Gasteiger partial charge in [-0.3, -0.25) is 5.73 Å². The number of azo groups is 1. The Morgan fingerprint density at radius 1 is 1.07 bits per heavy atom. The van der Waals surface area contributed by atoms with Gasteiger partial charge in [-0.05, 0) is 12.1 Å². The summed E-state index contributed by atoms with van der Waals surface area (Å²) in [6.07, 6.45) is -4.26. The van der Waals surface area contributed by atoms with Gasteiger partial charge in [0.05, 0.1) is 15.6 Å².